The highest BCUT2D eigenvalue weighted by atomic mass is 79.9. The summed E-state index contributed by atoms with van der Waals surface area (Å²) in [6.07, 6.45) is 0. The molecule has 2 aromatic carbocycles. The third-order valence-corrected chi connectivity index (χ3v) is 3.29. The van der Waals surface area contributed by atoms with E-state index in [4.69, 9.17) is 4.74 Å². The summed E-state index contributed by atoms with van der Waals surface area (Å²) in [4.78, 5) is 12.2. The number of carbonyl (C=O) groups is 1. The van der Waals surface area contributed by atoms with Gasteiger partial charge in [-0.2, -0.15) is 0 Å². The maximum atomic E-state index is 12.2. The van der Waals surface area contributed by atoms with E-state index in [0.29, 0.717) is 5.56 Å². The van der Waals surface area contributed by atoms with E-state index >= 15 is 0 Å². The Labute approximate surface area is 120 Å². The van der Waals surface area contributed by atoms with Gasteiger partial charge in [-0.25, -0.2) is 0 Å². The molecule has 0 heterocycles. The van der Waals surface area contributed by atoms with Crippen molar-refractivity contribution in [2.45, 2.75) is 6.92 Å². The summed E-state index contributed by atoms with van der Waals surface area (Å²) < 4.78 is 5.96. The number of amides is 1. The predicted octanol–water partition coefficient (Wildman–Crippen LogP) is 4.02. The number of methoxy groups -OCH3 is 1. The number of nitrogens with one attached hydrogen (secondary N) is 1. The van der Waals surface area contributed by atoms with Crippen LogP contribution in [0.5, 0.6) is 5.75 Å². The van der Waals surface area contributed by atoms with Crippen LogP contribution in [0.1, 0.15) is 15.9 Å². The fraction of sp³-hybridized carbons (Fsp3) is 0.133. The van der Waals surface area contributed by atoms with Crippen LogP contribution in [0.3, 0.4) is 0 Å². The Balaban J connectivity index is 2.18. The lowest BCUT2D eigenvalue weighted by atomic mass is 10.1. The van der Waals surface area contributed by atoms with Gasteiger partial charge >= 0.3 is 0 Å². The molecule has 0 aliphatic carbocycles. The maximum Gasteiger partial charge on any atom is 0.255 e. The molecule has 19 heavy (non-hydrogen) atoms. The van der Waals surface area contributed by atoms with Gasteiger partial charge in [-0.1, -0.05) is 22.0 Å². The van der Waals surface area contributed by atoms with Crippen molar-refractivity contribution in [2.24, 2.45) is 0 Å². The van der Waals surface area contributed by atoms with E-state index in [1.165, 1.54) is 0 Å². The molecule has 2 aromatic rings. The van der Waals surface area contributed by atoms with Crippen molar-refractivity contribution in [3.63, 3.8) is 0 Å². The van der Waals surface area contributed by atoms with E-state index in [-0.39, 0.29) is 5.91 Å². The van der Waals surface area contributed by atoms with Crippen molar-refractivity contribution in [1.29, 1.82) is 0 Å². The zero-order valence-electron chi connectivity index (χ0n) is 10.7. The number of aryl methyl sites for hydroxylation is 1. The van der Waals surface area contributed by atoms with Gasteiger partial charge < -0.3 is 10.1 Å². The summed E-state index contributed by atoms with van der Waals surface area (Å²) in [6.45, 7) is 1.91. The van der Waals surface area contributed by atoms with Gasteiger partial charge in [0.25, 0.3) is 5.91 Å². The molecular weight excluding hydrogens is 306 g/mol. The van der Waals surface area contributed by atoms with Gasteiger partial charge in [0.15, 0.2) is 0 Å². The molecule has 3 nitrogen and oxygen atoms in total. The minimum absolute atomic E-state index is 0.121. The Morgan fingerprint density at radius 1 is 1.16 bits per heavy atom. The van der Waals surface area contributed by atoms with Crippen LogP contribution >= 0.6 is 15.9 Å². The zero-order valence-corrected chi connectivity index (χ0v) is 12.3. The van der Waals surface area contributed by atoms with Gasteiger partial charge in [-0.15, -0.1) is 0 Å². The highest BCUT2D eigenvalue weighted by molar-refractivity contribution is 9.10. The molecule has 2 rings (SSSR count). The first kappa shape index (κ1) is 13.6. The molecule has 4 heteroatoms. The summed E-state index contributed by atoms with van der Waals surface area (Å²) in [7, 11) is 1.61. The molecule has 0 aliphatic heterocycles. The average Bonchev–Trinajstić information content (AvgIpc) is 2.42. The number of benzene rings is 2. The molecule has 0 aliphatic rings. The Morgan fingerprint density at radius 2 is 1.84 bits per heavy atom. The number of halogens is 1. The average molecular weight is 320 g/mol. The number of anilines is 1. The third-order valence-electron chi connectivity index (χ3n) is 2.79. The van der Waals surface area contributed by atoms with Crippen LogP contribution in [0.15, 0.2) is 46.9 Å². The molecule has 0 radical (unpaired) electrons. The van der Waals surface area contributed by atoms with Crippen LogP contribution in [-0.4, -0.2) is 13.0 Å². The summed E-state index contributed by atoms with van der Waals surface area (Å²) in [6, 6.07) is 12.9. The van der Waals surface area contributed by atoms with Crippen molar-refractivity contribution in [2.75, 3.05) is 12.4 Å². The molecule has 0 bridgehead atoms. The minimum Gasteiger partial charge on any atom is -0.497 e. The Morgan fingerprint density at radius 3 is 2.47 bits per heavy atom. The number of carbonyl (C=O) groups excluding carboxylic acids is 1. The number of ether oxygens (including phenoxy) is 1. The summed E-state index contributed by atoms with van der Waals surface area (Å²) in [5.41, 5.74) is 2.34. The topological polar surface area (TPSA) is 38.3 Å². The normalized spacial score (nSPS) is 10.1. The van der Waals surface area contributed by atoms with Gasteiger partial charge in [0, 0.05) is 15.7 Å². The molecular formula is C15H14BrNO2. The van der Waals surface area contributed by atoms with Gasteiger partial charge in [0.1, 0.15) is 5.75 Å². The third kappa shape index (κ3) is 3.35. The molecule has 0 spiro atoms. The molecule has 98 valence electrons. The lowest BCUT2D eigenvalue weighted by Crippen LogP contribution is -2.13. The van der Waals surface area contributed by atoms with Crippen LogP contribution in [0, 0.1) is 6.92 Å². The molecule has 0 saturated heterocycles. The van der Waals surface area contributed by atoms with E-state index < -0.39 is 0 Å². The minimum atomic E-state index is -0.121. The van der Waals surface area contributed by atoms with Crippen LogP contribution in [0.4, 0.5) is 5.69 Å². The molecule has 0 fully saturated rings. The second kappa shape index (κ2) is 5.89. The van der Waals surface area contributed by atoms with Crippen LogP contribution in [-0.2, 0) is 0 Å². The number of rotatable bonds is 3. The molecule has 1 N–H and O–H groups in total. The zero-order chi connectivity index (χ0) is 13.8. The lowest BCUT2D eigenvalue weighted by Gasteiger charge is -2.08. The van der Waals surface area contributed by atoms with E-state index in [2.05, 4.69) is 21.2 Å². The van der Waals surface area contributed by atoms with Crippen molar-refractivity contribution in [3.8, 4) is 5.75 Å². The van der Waals surface area contributed by atoms with E-state index in [1.807, 2.05) is 49.4 Å². The second-order valence-corrected chi connectivity index (χ2v) is 5.06. The predicted molar refractivity (Wildman–Crippen MR) is 79.8 cm³/mol. The van der Waals surface area contributed by atoms with E-state index in [1.54, 1.807) is 7.11 Å². The SMILES string of the molecule is COc1ccc(NC(=O)c2cc(Br)ccc2C)cc1. The van der Waals surface area contributed by atoms with E-state index in [9.17, 15) is 4.79 Å². The number of hydrogen-bond donors (Lipinski definition) is 1. The Bertz CT molecular complexity index is 594. The maximum absolute atomic E-state index is 12.2. The first-order valence-electron chi connectivity index (χ1n) is 5.81. The van der Waals surface area contributed by atoms with Crippen LogP contribution in [0.2, 0.25) is 0 Å². The van der Waals surface area contributed by atoms with Crippen molar-refractivity contribution >= 4 is 27.5 Å². The van der Waals surface area contributed by atoms with Gasteiger partial charge in [-0.3, -0.25) is 4.79 Å². The fourth-order valence-corrected chi connectivity index (χ4v) is 2.07. The van der Waals surface area contributed by atoms with Gasteiger partial charge in [-0.05, 0) is 48.9 Å². The molecule has 1 amide bonds. The second-order valence-electron chi connectivity index (χ2n) is 4.14. The van der Waals surface area contributed by atoms with Crippen molar-refractivity contribution in [1.82, 2.24) is 0 Å². The molecule has 0 saturated carbocycles. The monoisotopic (exact) mass is 319 g/mol. The van der Waals surface area contributed by atoms with Gasteiger partial charge in [0.2, 0.25) is 0 Å². The Kier molecular flexibility index (Phi) is 4.22. The quantitative estimate of drug-likeness (QED) is 0.928. The standard InChI is InChI=1S/C15H14BrNO2/c1-10-3-4-11(16)9-14(10)15(18)17-12-5-7-13(19-2)8-6-12/h3-9H,1-2H3,(H,17,18). The fourth-order valence-electron chi connectivity index (χ4n) is 1.71. The summed E-state index contributed by atoms with van der Waals surface area (Å²) >= 11 is 3.37. The Hall–Kier alpha value is -1.81. The van der Waals surface area contributed by atoms with Crippen LogP contribution in [0.25, 0.3) is 0 Å². The smallest absolute Gasteiger partial charge is 0.255 e. The molecule has 0 unspecified atom stereocenters. The summed E-state index contributed by atoms with van der Waals surface area (Å²) in [5, 5.41) is 2.86. The van der Waals surface area contributed by atoms with E-state index in [0.717, 1.165) is 21.5 Å². The number of hydrogen-bond acceptors (Lipinski definition) is 2. The lowest BCUT2D eigenvalue weighted by molar-refractivity contribution is 0.102. The highest BCUT2D eigenvalue weighted by Crippen LogP contribution is 2.19. The largest absolute Gasteiger partial charge is 0.497 e. The van der Waals surface area contributed by atoms with Crippen molar-refractivity contribution < 1.29 is 9.53 Å². The van der Waals surface area contributed by atoms with Crippen LogP contribution < -0.4 is 10.1 Å². The van der Waals surface area contributed by atoms with Crippen molar-refractivity contribution in [3.05, 3.63) is 58.1 Å². The molecule has 0 atom stereocenters. The van der Waals surface area contributed by atoms with Gasteiger partial charge in [0.05, 0.1) is 7.11 Å². The highest BCUT2D eigenvalue weighted by Gasteiger charge is 2.09. The first-order valence-corrected chi connectivity index (χ1v) is 6.61. The summed E-state index contributed by atoms with van der Waals surface area (Å²) in [5.74, 6) is 0.639. The first-order chi connectivity index (χ1) is 9.10. The molecule has 0 aromatic heterocycles.